The third kappa shape index (κ3) is 4.07. The Morgan fingerprint density at radius 2 is 2.00 bits per heavy atom. The number of hydrogen-bond donors (Lipinski definition) is 1. The fraction of sp³-hybridized carbons (Fsp3) is 0.250. The highest BCUT2D eigenvalue weighted by molar-refractivity contribution is 5.76. The van der Waals surface area contributed by atoms with E-state index in [4.69, 9.17) is 4.74 Å². The Morgan fingerprint density at radius 3 is 2.73 bits per heavy atom. The monoisotopic (exact) mass is 416 g/mol. The average molecular weight is 416 g/mol. The summed E-state index contributed by atoms with van der Waals surface area (Å²) in [5, 5.41) is 11.6. The quantitative estimate of drug-likeness (QED) is 0.492. The fourth-order valence-electron chi connectivity index (χ4n) is 3.15. The van der Waals surface area contributed by atoms with Crippen LogP contribution in [-0.4, -0.2) is 37.4 Å². The van der Waals surface area contributed by atoms with Gasteiger partial charge in [0.2, 0.25) is 0 Å². The highest BCUT2D eigenvalue weighted by Crippen LogP contribution is 2.30. The topological polar surface area (TPSA) is 69.3 Å². The van der Waals surface area contributed by atoms with E-state index in [9.17, 15) is 13.2 Å². The molecule has 0 saturated carbocycles. The second-order valence-electron chi connectivity index (χ2n) is 6.79. The summed E-state index contributed by atoms with van der Waals surface area (Å²) in [6, 6.07) is 5.06. The maximum Gasteiger partial charge on any atom is 0.272 e. The van der Waals surface area contributed by atoms with Gasteiger partial charge in [-0.15, -0.1) is 0 Å². The average Bonchev–Trinajstić information content (AvgIpc) is 3.32. The van der Waals surface area contributed by atoms with Gasteiger partial charge in [-0.2, -0.15) is 10.2 Å². The summed E-state index contributed by atoms with van der Waals surface area (Å²) in [4.78, 5) is 4.61. The first-order valence-electron chi connectivity index (χ1n) is 9.21. The Bertz CT molecular complexity index is 1170. The summed E-state index contributed by atoms with van der Waals surface area (Å²) in [5.41, 5.74) is 2.72. The van der Waals surface area contributed by atoms with Crippen molar-refractivity contribution in [1.29, 1.82) is 0 Å². The lowest BCUT2D eigenvalue weighted by Gasteiger charge is -2.19. The number of aryl methyl sites for hydroxylation is 1. The minimum Gasteiger partial charge on any atom is -0.487 e. The molecule has 0 fully saturated rings. The van der Waals surface area contributed by atoms with Crippen molar-refractivity contribution in [2.75, 3.05) is 11.9 Å². The molecule has 0 spiro atoms. The predicted octanol–water partition coefficient (Wildman–Crippen LogP) is 4.09. The van der Waals surface area contributed by atoms with Crippen LogP contribution < -0.4 is 10.1 Å². The Labute approximate surface area is 170 Å². The van der Waals surface area contributed by atoms with Crippen LogP contribution in [0.4, 0.5) is 19.0 Å². The molecular weight excluding hydrogens is 397 g/mol. The minimum absolute atomic E-state index is 0.193. The lowest BCUT2D eigenvalue weighted by atomic mass is 10.1. The molecule has 10 heteroatoms. The summed E-state index contributed by atoms with van der Waals surface area (Å²) < 4.78 is 47.3. The Hall–Kier alpha value is -3.56. The second-order valence-corrected chi connectivity index (χ2v) is 6.79. The number of aromatic nitrogens is 5. The number of anilines is 1. The first-order valence-corrected chi connectivity index (χ1v) is 9.21. The number of halogens is 3. The van der Waals surface area contributed by atoms with Gasteiger partial charge in [-0.3, -0.25) is 4.68 Å². The molecule has 0 aliphatic heterocycles. The van der Waals surface area contributed by atoms with Crippen LogP contribution in [0.5, 0.6) is 5.75 Å². The van der Waals surface area contributed by atoms with Crippen molar-refractivity contribution in [2.45, 2.75) is 19.4 Å². The predicted molar refractivity (Wildman–Crippen MR) is 105 cm³/mol. The van der Waals surface area contributed by atoms with Gasteiger partial charge in [-0.05, 0) is 31.2 Å². The van der Waals surface area contributed by atoms with Gasteiger partial charge in [0.25, 0.3) is 6.43 Å². The summed E-state index contributed by atoms with van der Waals surface area (Å²) in [7, 11) is 1.82. The molecule has 0 amide bonds. The van der Waals surface area contributed by atoms with E-state index >= 15 is 0 Å². The van der Waals surface area contributed by atoms with Crippen LogP contribution in [0.2, 0.25) is 0 Å². The smallest absolute Gasteiger partial charge is 0.272 e. The minimum atomic E-state index is -2.62. The first-order chi connectivity index (χ1) is 14.4. The van der Waals surface area contributed by atoms with Crippen molar-refractivity contribution in [3.63, 3.8) is 0 Å². The zero-order valence-electron chi connectivity index (χ0n) is 16.3. The van der Waals surface area contributed by atoms with Crippen LogP contribution in [0.3, 0.4) is 0 Å². The summed E-state index contributed by atoms with van der Waals surface area (Å²) >= 11 is 0. The summed E-state index contributed by atoms with van der Waals surface area (Å²) in [6.07, 6.45) is 4.41. The number of benzene rings is 1. The van der Waals surface area contributed by atoms with Crippen molar-refractivity contribution in [3.8, 4) is 16.9 Å². The number of ether oxygens (including phenoxy) is 1. The largest absolute Gasteiger partial charge is 0.487 e. The molecule has 30 heavy (non-hydrogen) atoms. The molecule has 1 N–H and O–H groups in total. The molecule has 1 atom stereocenters. The van der Waals surface area contributed by atoms with Crippen LogP contribution in [0.25, 0.3) is 16.8 Å². The van der Waals surface area contributed by atoms with Gasteiger partial charge in [0.05, 0.1) is 18.4 Å². The van der Waals surface area contributed by atoms with Gasteiger partial charge < -0.3 is 10.1 Å². The van der Waals surface area contributed by atoms with E-state index in [0.29, 0.717) is 17.0 Å². The molecular formula is C20H19F3N6O. The Morgan fingerprint density at radius 1 is 1.17 bits per heavy atom. The number of fused-ring (bicyclic) bond motifs is 1. The standard InChI is InChI=1S/C20H19F3N6O/c1-12(15-7-14(21)3-4-17(15)30-11-18(22)23)26-19-5-6-29-20(27-19)16(9-25-29)13-8-24-28(2)10-13/h3-10,12,18H,11H2,1-2H3,(H,26,27). The third-order valence-corrected chi connectivity index (χ3v) is 4.55. The molecule has 0 bridgehead atoms. The van der Waals surface area contributed by atoms with Gasteiger partial charge >= 0.3 is 0 Å². The zero-order chi connectivity index (χ0) is 21.3. The van der Waals surface area contributed by atoms with Crippen LogP contribution in [0.1, 0.15) is 18.5 Å². The number of hydrogen-bond acceptors (Lipinski definition) is 5. The van der Waals surface area contributed by atoms with Crippen molar-refractivity contribution < 1.29 is 17.9 Å². The van der Waals surface area contributed by atoms with Crippen molar-refractivity contribution in [2.24, 2.45) is 7.05 Å². The molecule has 3 aromatic heterocycles. The maximum absolute atomic E-state index is 13.8. The number of alkyl halides is 2. The molecule has 0 aliphatic rings. The maximum atomic E-state index is 13.8. The highest BCUT2D eigenvalue weighted by atomic mass is 19.3. The van der Waals surface area contributed by atoms with Gasteiger partial charge in [-0.1, -0.05) is 0 Å². The fourth-order valence-corrected chi connectivity index (χ4v) is 3.15. The molecule has 4 aromatic rings. The molecule has 3 heterocycles. The molecule has 7 nitrogen and oxygen atoms in total. The molecule has 4 rings (SSSR count). The van der Waals surface area contributed by atoms with Gasteiger partial charge in [-0.25, -0.2) is 22.7 Å². The van der Waals surface area contributed by atoms with E-state index in [2.05, 4.69) is 20.5 Å². The number of rotatable bonds is 7. The lowest BCUT2D eigenvalue weighted by molar-refractivity contribution is 0.0813. The van der Waals surface area contributed by atoms with Gasteiger partial charge in [0.15, 0.2) is 5.65 Å². The van der Waals surface area contributed by atoms with E-state index in [1.54, 1.807) is 40.8 Å². The molecule has 156 valence electrons. The van der Waals surface area contributed by atoms with E-state index in [-0.39, 0.29) is 5.75 Å². The normalized spacial score (nSPS) is 12.5. The molecule has 0 radical (unpaired) electrons. The molecule has 0 aliphatic carbocycles. The molecule has 0 saturated heterocycles. The number of nitrogens with one attached hydrogen (secondary N) is 1. The zero-order valence-corrected chi connectivity index (χ0v) is 16.3. The lowest BCUT2D eigenvalue weighted by Crippen LogP contribution is -2.13. The van der Waals surface area contributed by atoms with E-state index in [1.165, 1.54) is 18.2 Å². The van der Waals surface area contributed by atoms with Crippen molar-refractivity contribution in [3.05, 3.63) is 60.4 Å². The van der Waals surface area contributed by atoms with Crippen LogP contribution in [0, 0.1) is 5.82 Å². The number of nitrogens with zero attached hydrogens (tertiary/aromatic N) is 5. The molecule has 1 unspecified atom stereocenters. The van der Waals surface area contributed by atoms with Crippen LogP contribution in [0.15, 0.2) is 49.1 Å². The molecule has 1 aromatic carbocycles. The van der Waals surface area contributed by atoms with E-state index < -0.39 is 24.9 Å². The van der Waals surface area contributed by atoms with E-state index in [0.717, 1.165) is 11.1 Å². The Kier molecular flexibility index (Phi) is 5.30. The van der Waals surface area contributed by atoms with Gasteiger partial charge in [0.1, 0.15) is 24.0 Å². The van der Waals surface area contributed by atoms with Crippen molar-refractivity contribution >= 4 is 11.5 Å². The summed E-state index contributed by atoms with van der Waals surface area (Å²) in [5.74, 6) is 0.226. The van der Waals surface area contributed by atoms with Crippen LogP contribution in [-0.2, 0) is 7.05 Å². The summed E-state index contributed by atoms with van der Waals surface area (Å²) in [6.45, 7) is 1.01. The highest BCUT2D eigenvalue weighted by Gasteiger charge is 2.16. The van der Waals surface area contributed by atoms with Crippen LogP contribution >= 0.6 is 0 Å². The third-order valence-electron chi connectivity index (χ3n) is 4.55. The second kappa shape index (κ2) is 8.05. The van der Waals surface area contributed by atoms with E-state index in [1.807, 2.05) is 13.2 Å². The van der Waals surface area contributed by atoms with Gasteiger partial charge in [0, 0.05) is 36.1 Å². The van der Waals surface area contributed by atoms with Crippen molar-refractivity contribution in [1.82, 2.24) is 24.4 Å². The first kappa shape index (κ1) is 19.7. The SMILES string of the molecule is CC(Nc1ccn2ncc(-c3cnn(C)c3)c2n1)c1cc(F)ccc1OCC(F)F. The Balaban J connectivity index is 1.62.